The molecule has 0 aromatic heterocycles. The van der Waals surface area contributed by atoms with Crippen LogP contribution in [-0.2, 0) is 11.3 Å². The third-order valence-electron chi connectivity index (χ3n) is 3.66. The van der Waals surface area contributed by atoms with Gasteiger partial charge in [0.05, 0.1) is 7.11 Å². The van der Waals surface area contributed by atoms with Gasteiger partial charge in [-0.15, -0.1) is 0 Å². The molecule has 0 spiro atoms. The molecule has 0 fully saturated rings. The van der Waals surface area contributed by atoms with Gasteiger partial charge in [0.25, 0.3) is 5.91 Å². The molecule has 1 amide bonds. The van der Waals surface area contributed by atoms with Crippen molar-refractivity contribution in [3.63, 3.8) is 0 Å². The number of hydrazine groups is 1. The lowest BCUT2D eigenvalue weighted by atomic mass is 10.2. The molecule has 0 bridgehead atoms. The Morgan fingerprint density at radius 1 is 1.12 bits per heavy atom. The number of hydrogen-bond donors (Lipinski definition) is 3. The van der Waals surface area contributed by atoms with E-state index in [9.17, 15) is 9.90 Å². The van der Waals surface area contributed by atoms with Gasteiger partial charge < -0.3 is 14.6 Å². The van der Waals surface area contributed by atoms with E-state index in [0.717, 1.165) is 12.2 Å². The molecule has 1 atom stereocenters. The van der Waals surface area contributed by atoms with Crippen LogP contribution in [0.15, 0.2) is 48.5 Å². The fraction of sp³-hybridized carbons (Fsp3) is 0.316. The smallest absolute Gasteiger partial charge is 0.275 e. The summed E-state index contributed by atoms with van der Waals surface area (Å²) in [4.78, 5) is 12.3. The highest BCUT2D eigenvalue weighted by Gasteiger charge is 2.19. The molecule has 0 saturated heterocycles. The van der Waals surface area contributed by atoms with E-state index in [1.807, 2.05) is 13.0 Å². The monoisotopic (exact) mass is 344 g/mol. The second-order valence-electron chi connectivity index (χ2n) is 5.54. The summed E-state index contributed by atoms with van der Waals surface area (Å²) in [5.74, 6) is 1.26. The number of para-hydroxylation sites is 1. The number of ether oxygens (including phenoxy) is 2. The highest BCUT2D eigenvalue weighted by Crippen LogP contribution is 2.19. The van der Waals surface area contributed by atoms with Crippen LogP contribution >= 0.6 is 0 Å². The Balaban J connectivity index is 1.89. The van der Waals surface area contributed by atoms with Gasteiger partial charge in [0, 0.05) is 12.1 Å². The van der Waals surface area contributed by atoms with Crippen LogP contribution in [0.1, 0.15) is 25.3 Å². The summed E-state index contributed by atoms with van der Waals surface area (Å²) in [5, 5.41) is 9.72. The van der Waals surface area contributed by atoms with Gasteiger partial charge >= 0.3 is 0 Å². The molecule has 0 aliphatic heterocycles. The lowest BCUT2D eigenvalue weighted by Gasteiger charge is -2.19. The number of hydrogen-bond acceptors (Lipinski definition) is 5. The van der Waals surface area contributed by atoms with Crippen molar-refractivity contribution in [3.8, 4) is 17.2 Å². The summed E-state index contributed by atoms with van der Waals surface area (Å²) in [7, 11) is 1.60. The maximum absolute atomic E-state index is 12.3. The second-order valence-corrected chi connectivity index (χ2v) is 5.54. The zero-order valence-corrected chi connectivity index (χ0v) is 14.5. The number of aromatic hydroxyl groups is 1. The Kier molecular flexibility index (Phi) is 7.10. The topological polar surface area (TPSA) is 79.8 Å². The van der Waals surface area contributed by atoms with E-state index < -0.39 is 6.10 Å². The van der Waals surface area contributed by atoms with Crippen LogP contribution < -0.4 is 20.3 Å². The molecule has 0 saturated carbocycles. The van der Waals surface area contributed by atoms with E-state index in [1.54, 1.807) is 49.6 Å². The van der Waals surface area contributed by atoms with Gasteiger partial charge in [-0.2, -0.15) is 0 Å². The molecule has 0 aliphatic carbocycles. The second kappa shape index (κ2) is 9.54. The maximum Gasteiger partial charge on any atom is 0.275 e. The summed E-state index contributed by atoms with van der Waals surface area (Å²) in [5.41, 5.74) is 6.16. The minimum atomic E-state index is -0.602. The zero-order chi connectivity index (χ0) is 18.1. The van der Waals surface area contributed by atoms with E-state index >= 15 is 0 Å². The molecular formula is C19H24N2O4. The summed E-state index contributed by atoms with van der Waals surface area (Å²) in [6.07, 6.45) is 0.805. The molecule has 3 N–H and O–H groups in total. The number of amides is 1. The Morgan fingerprint density at radius 3 is 2.44 bits per heavy atom. The van der Waals surface area contributed by atoms with Crippen LogP contribution in [0.25, 0.3) is 0 Å². The Bertz CT molecular complexity index is 673. The summed E-state index contributed by atoms with van der Waals surface area (Å²) in [6, 6.07) is 14.1. The third-order valence-corrected chi connectivity index (χ3v) is 3.66. The average molecular weight is 344 g/mol. The van der Waals surface area contributed by atoms with Crippen LogP contribution in [0.5, 0.6) is 17.2 Å². The minimum absolute atomic E-state index is 0.184. The fourth-order valence-corrected chi connectivity index (χ4v) is 2.29. The third kappa shape index (κ3) is 5.69. The van der Waals surface area contributed by atoms with Crippen LogP contribution in [0.4, 0.5) is 0 Å². The number of methoxy groups -OCH3 is 1. The number of nitrogens with one attached hydrogen (secondary N) is 2. The standard InChI is InChI=1S/C19H24N2O4/c1-3-6-18(25-16-11-9-15(24-2)10-12-16)19(23)21-20-13-14-7-4-5-8-17(14)22/h4-5,7-12,18,20,22H,3,6,13H2,1-2H3,(H,21,23)/t18-/m0/s1. The Labute approximate surface area is 147 Å². The van der Waals surface area contributed by atoms with Crippen LogP contribution in [-0.4, -0.2) is 24.2 Å². The van der Waals surface area contributed by atoms with Gasteiger partial charge in [0.1, 0.15) is 17.2 Å². The number of rotatable bonds is 9. The number of phenols is 1. The fourth-order valence-electron chi connectivity index (χ4n) is 2.29. The van der Waals surface area contributed by atoms with E-state index in [0.29, 0.717) is 24.3 Å². The SMILES string of the molecule is CCC[C@H](Oc1ccc(OC)cc1)C(=O)NNCc1ccccc1O. The molecular weight excluding hydrogens is 320 g/mol. The first-order valence-electron chi connectivity index (χ1n) is 8.24. The average Bonchev–Trinajstić information content (AvgIpc) is 2.63. The Morgan fingerprint density at radius 2 is 1.80 bits per heavy atom. The summed E-state index contributed by atoms with van der Waals surface area (Å²) in [6.45, 7) is 2.31. The minimum Gasteiger partial charge on any atom is -0.508 e. The number of carbonyl (C=O) groups excluding carboxylic acids is 1. The maximum atomic E-state index is 12.3. The zero-order valence-electron chi connectivity index (χ0n) is 14.5. The predicted molar refractivity (Wildman–Crippen MR) is 95.4 cm³/mol. The van der Waals surface area contributed by atoms with Gasteiger partial charge in [0.2, 0.25) is 0 Å². The van der Waals surface area contributed by atoms with E-state index in [4.69, 9.17) is 9.47 Å². The molecule has 6 nitrogen and oxygen atoms in total. The first-order chi connectivity index (χ1) is 12.1. The van der Waals surface area contributed by atoms with Crippen molar-refractivity contribution in [1.29, 1.82) is 0 Å². The molecule has 0 radical (unpaired) electrons. The molecule has 6 heteroatoms. The number of phenolic OH excluding ortho intramolecular Hbond substituents is 1. The number of carbonyl (C=O) groups is 1. The van der Waals surface area contributed by atoms with Crippen molar-refractivity contribution in [1.82, 2.24) is 10.9 Å². The van der Waals surface area contributed by atoms with Gasteiger partial charge in [-0.3, -0.25) is 10.2 Å². The first-order valence-corrected chi connectivity index (χ1v) is 8.24. The van der Waals surface area contributed by atoms with Gasteiger partial charge in [-0.05, 0) is 36.8 Å². The largest absolute Gasteiger partial charge is 0.508 e. The van der Waals surface area contributed by atoms with Gasteiger partial charge in [-0.1, -0.05) is 31.5 Å². The van der Waals surface area contributed by atoms with E-state index in [1.165, 1.54) is 0 Å². The first kappa shape index (κ1) is 18.6. The van der Waals surface area contributed by atoms with Gasteiger partial charge in [-0.25, -0.2) is 5.43 Å². The van der Waals surface area contributed by atoms with Crippen LogP contribution in [0.3, 0.4) is 0 Å². The Hall–Kier alpha value is -2.73. The lowest BCUT2D eigenvalue weighted by molar-refractivity contribution is -0.129. The summed E-state index contributed by atoms with van der Waals surface area (Å²) >= 11 is 0. The van der Waals surface area contributed by atoms with E-state index in [2.05, 4.69) is 10.9 Å². The van der Waals surface area contributed by atoms with Crippen LogP contribution in [0.2, 0.25) is 0 Å². The van der Waals surface area contributed by atoms with Gasteiger partial charge in [0.15, 0.2) is 6.10 Å². The highest BCUT2D eigenvalue weighted by atomic mass is 16.5. The molecule has 2 aromatic rings. The predicted octanol–water partition coefficient (Wildman–Crippen LogP) is 2.77. The highest BCUT2D eigenvalue weighted by molar-refractivity contribution is 5.80. The van der Waals surface area contributed by atoms with Crippen molar-refractivity contribution in [2.24, 2.45) is 0 Å². The van der Waals surface area contributed by atoms with Crippen molar-refractivity contribution in [2.75, 3.05) is 7.11 Å². The van der Waals surface area contributed by atoms with Crippen molar-refractivity contribution in [2.45, 2.75) is 32.4 Å². The normalized spacial score (nSPS) is 11.6. The van der Waals surface area contributed by atoms with Crippen LogP contribution in [0, 0.1) is 0 Å². The molecule has 25 heavy (non-hydrogen) atoms. The lowest BCUT2D eigenvalue weighted by Crippen LogP contribution is -2.45. The van der Waals surface area contributed by atoms with Crippen molar-refractivity contribution in [3.05, 3.63) is 54.1 Å². The molecule has 0 aliphatic rings. The van der Waals surface area contributed by atoms with Crippen molar-refractivity contribution >= 4 is 5.91 Å². The molecule has 2 rings (SSSR count). The molecule has 0 unspecified atom stereocenters. The quantitative estimate of drug-likeness (QED) is 0.610. The van der Waals surface area contributed by atoms with E-state index in [-0.39, 0.29) is 11.7 Å². The molecule has 134 valence electrons. The number of benzene rings is 2. The van der Waals surface area contributed by atoms with Crippen molar-refractivity contribution < 1.29 is 19.4 Å². The summed E-state index contributed by atoms with van der Waals surface area (Å²) < 4.78 is 10.9. The molecule has 0 heterocycles. The molecule has 2 aromatic carbocycles.